The third kappa shape index (κ3) is 3.92. The normalized spacial score (nSPS) is 17.1. The Labute approximate surface area is 194 Å². The Kier molecular flexibility index (Phi) is 4.97. The molecular formula is C26H20N4O2S. The summed E-state index contributed by atoms with van der Waals surface area (Å²) < 4.78 is 7.12. The number of rotatable bonds is 5. The molecule has 0 aliphatic heterocycles. The van der Waals surface area contributed by atoms with Gasteiger partial charge in [0.15, 0.2) is 5.13 Å². The van der Waals surface area contributed by atoms with Crippen molar-refractivity contribution < 1.29 is 9.84 Å². The molecule has 0 spiro atoms. The highest BCUT2D eigenvalue weighted by Gasteiger charge is 2.31. The zero-order valence-electron chi connectivity index (χ0n) is 17.6. The minimum Gasteiger partial charge on any atom is -0.457 e. The Morgan fingerprint density at radius 3 is 2.79 bits per heavy atom. The van der Waals surface area contributed by atoms with E-state index in [4.69, 9.17) is 9.72 Å². The fraction of sp³-hybridized carbons (Fsp3) is 0.115. The van der Waals surface area contributed by atoms with Crippen LogP contribution in [0.2, 0.25) is 0 Å². The van der Waals surface area contributed by atoms with Gasteiger partial charge in [-0.15, -0.1) is 0 Å². The van der Waals surface area contributed by atoms with Gasteiger partial charge in [0, 0.05) is 42.7 Å². The van der Waals surface area contributed by atoms with Gasteiger partial charge in [-0.05, 0) is 41.5 Å². The third-order valence-electron chi connectivity index (χ3n) is 5.77. The maximum Gasteiger partial charge on any atom is 0.184 e. The summed E-state index contributed by atoms with van der Waals surface area (Å²) in [7, 11) is 0. The zero-order valence-corrected chi connectivity index (χ0v) is 18.4. The first-order chi connectivity index (χ1) is 16.2. The first kappa shape index (κ1) is 19.8. The molecule has 162 valence electrons. The van der Waals surface area contributed by atoms with Crippen LogP contribution in [0.25, 0.3) is 21.5 Å². The van der Waals surface area contributed by atoms with Gasteiger partial charge in [0.2, 0.25) is 0 Å². The smallest absolute Gasteiger partial charge is 0.184 e. The number of pyridine rings is 2. The molecule has 1 aliphatic carbocycles. The molecule has 2 atom stereocenters. The molecule has 3 heterocycles. The molecule has 2 aromatic carbocycles. The van der Waals surface area contributed by atoms with Crippen LogP contribution in [0.4, 0.5) is 5.13 Å². The lowest BCUT2D eigenvalue weighted by Crippen LogP contribution is -2.20. The number of hydrogen-bond donors (Lipinski definition) is 2. The SMILES string of the molecule is O[C@H]1Cc2ccccc2[C@H]1Nc1nc2ccc(Oc3ccnc(-c4cccnc4)c3)cc2s1. The number of nitrogens with one attached hydrogen (secondary N) is 1. The summed E-state index contributed by atoms with van der Waals surface area (Å²) in [5.74, 6) is 1.43. The van der Waals surface area contributed by atoms with E-state index in [0.717, 1.165) is 37.9 Å². The fourth-order valence-electron chi connectivity index (χ4n) is 4.19. The van der Waals surface area contributed by atoms with E-state index >= 15 is 0 Å². The number of hydrogen-bond acceptors (Lipinski definition) is 7. The molecule has 0 unspecified atom stereocenters. The molecule has 33 heavy (non-hydrogen) atoms. The first-order valence-electron chi connectivity index (χ1n) is 10.7. The second-order valence-electron chi connectivity index (χ2n) is 7.96. The average Bonchev–Trinajstić information content (AvgIpc) is 3.39. The molecule has 5 aromatic rings. The number of anilines is 1. The van der Waals surface area contributed by atoms with Crippen LogP contribution in [0, 0.1) is 0 Å². The van der Waals surface area contributed by atoms with E-state index in [1.807, 2.05) is 54.6 Å². The first-order valence-corrected chi connectivity index (χ1v) is 11.5. The van der Waals surface area contributed by atoms with Crippen molar-refractivity contribution in [2.75, 3.05) is 5.32 Å². The molecule has 3 aromatic heterocycles. The highest BCUT2D eigenvalue weighted by molar-refractivity contribution is 7.22. The summed E-state index contributed by atoms with van der Waals surface area (Å²) in [5, 5.41) is 14.8. The van der Waals surface area contributed by atoms with Crippen LogP contribution in [-0.2, 0) is 6.42 Å². The van der Waals surface area contributed by atoms with Crippen molar-refractivity contribution in [3.63, 3.8) is 0 Å². The lowest BCUT2D eigenvalue weighted by Gasteiger charge is -2.16. The predicted molar refractivity (Wildman–Crippen MR) is 130 cm³/mol. The Morgan fingerprint density at radius 2 is 1.88 bits per heavy atom. The quantitative estimate of drug-likeness (QED) is 0.360. The van der Waals surface area contributed by atoms with Crippen molar-refractivity contribution in [3.05, 3.63) is 96.4 Å². The van der Waals surface area contributed by atoms with Crippen LogP contribution >= 0.6 is 11.3 Å². The van der Waals surface area contributed by atoms with E-state index < -0.39 is 6.10 Å². The van der Waals surface area contributed by atoms with Crippen molar-refractivity contribution in [1.82, 2.24) is 15.0 Å². The predicted octanol–water partition coefficient (Wildman–Crippen LogP) is 5.62. The molecule has 6 nitrogen and oxygen atoms in total. The largest absolute Gasteiger partial charge is 0.457 e. The second kappa shape index (κ2) is 8.27. The molecule has 0 fully saturated rings. The number of aromatic nitrogens is 3. The molecule has 1 aliphatic rings. The van der Waals surface area contributed by atoms with Gasteiger partial charge in [-0.25, -0.2) is 4.98 Å². The monoisotopic (exact) mass is 452 g/mol. The fourth-order valence-corrected chi connectivity index (χ4v) is 5.13. The Balaban J connectivity index is 1.23. The highest BCUT2D eigenvalue weighted by Crippen LogP contribution is 2.37. The molecule has 7 heteroatoms. The topological polar surface area (TPSA) is 80.2 Å². The summed E-state index contributed by atoms with van der Waals surface area (Å²) in [6.45, 7) is 0. The number of ether oxygens (including phenoxy) is 1. The number of aliphatic hydroxyl groups excluding tert-OH is 1. The van der Waals surface area contributed by atoms with E-state index in [2.05, 4.69) is 27.4 Å². The Bertz CT molecular complexity index is 1440. The summed E-state index contributed by atoms with van der Waals surface area (Å²) in [6.07, 6.45) is 5.45. The number of benzene rings is 2. The zero-order chi connectivity index (χ0) is 22.2. The van der Waals surface area contributed by atoms with Gasteiger partial charge in [0.05, 0.1) is 28.1 Å². The highest BCUT2D eigenvalue weighted by atomic mass is 32.1. The Morgan fingerprint density at radius 1 is 0.970 bits per heavy atom. The van der Waals surface area contributed by atoms with Gasteiger partial charge in [0.1, 0.15) is 11.5 Å². The molecule has 0 amide bonds. The van der Waals surface area contributed by atoms with Gasteiger partial charge in [-0.1, -0.05) is 35.6 Å². The number of thiazole rings is 1. The van der Waals surface area contributed by atoms with E-state index in [-0.39, 0.29) is 6.04 Å². The molecular weight excluding hydrogens is 432 g/mol. The number of fused-ring (bicyclic) bond motifs is 2. The van der Waals surface area contributed by atoms with Crippen LogP contribution in [0.3, 0.4) is 0 Å². The van der Waals surface area contributed by atoms with E-state index in [0.29, 0.717) is 12.2 Å². The van der Waals surface area contributed by atoms with Crippen molar-refractivity contribution in [3.8, 4) is 22.8 Å². The summed E-state index contributed by atoms with van der Waals surface area (Å²) in [5.41, 5.74) is 4.95. The standard InChI is InChI=1S/C26H20N4O2S/c31-23-12-16-4-1-2-6-20(16)25(23)30-26-29-21-8-7-18(14-24(21)33-26)32-19-9-11-28-22(13-19)17-5-3-10-27-15-17/h1-11,13-15,23,25,31H,12H2,(H,29,30)/t23-,25+/m0/s1. The van der Waals surface area contributed by atoms with Crippen molar-refractivity contribution in [1.29, 1.82) is 0 Å². The average molecular weight is 453 g/mol. The third-order valence-corrected chi connectivity index (χ3v) is 6.72. The van der Waals surface area contributed by atoms with Crippen molar-refractivity contribution in [2.24, 2.45) is 0 Å². The van der Waals surface area contributed by atoms with E-state index in [1.54, 1.807) is 29.9 Å². The van der Waals surface area contributed by atoms with Gasteiger partial charge < -0.3 is 15.2 Å². The van der Waals surface area contributed by atoms with Crippen LogP contribution in [-0.4, -0.2) is 26.2 Å². The van der Waals surface area contributed by atoms with E-state index in [1.165, 1.54) is 5.56 Å². The molecule has 0 bridgehead atoms. The molecule has 0 saturated carbocycles. The minimum absolute atomic E-state index is 0.153. The Hall–Kier alpha value is -3.81. The summed E-state index contributed by atoms with van der Waals surface area (Å²) in [6, 6.07) is 21.4. The van der Waals surface area contributed by atoms with Gasteiger partial charge >= 0.3 is 0 Å². The molecule has 0 radical (unpaired) electrons. The number of nitrogens with zero attached hydrogens (tertiary/aromatic N) is 3. The molecule has 2 N–H and O–H groups in total. The van der Waals surface area contributed by atoms with Crippen LogP contribution in [0.1, 0.15) is 17.2 Å². The number of aliphatic hydroxyl groups is 1. The summed E-state index contributed by atoms with van der Waals surface area (Å²) in [4.78, 5) is 13.3. The molecule has 6 rings (SSSR count). The van der Waals surface area contributed by atoms with Gasteiger partial charge in [0.25, 0.3) is 0 Å². The lowest BCUT2D eigenvalue weighted by atomic mass is 10.1. The van der Waals surface area contributed by atoms with Crippen molar-refractivity contribution in [2.45, 2.75) is 18.6 Å². The minimum atomic E-state index is -0.464. The van der Waals surface area contributed by atoms with Crippen LogP contribution in [0.15, 0.2) is 85.3 Å². The summed E-state index contributed by atoms with van der Waals surface area (Å²) >= 11 is 1.55. The maximum absolute atomic E-state index is 10.5. The van der Waals surface area contributed by atoms with Gasteiger partial charge in [-0.3, -0.25) is 9.97 Å². The van der Waals surface area contributed by atoms with Crippen LogP contribution in [0.5, 0.6) is 11.5 Å². The van der Waals surface area contributed by atoms with Crippen LogP contribution < -0.4 is 10.1 Å². The van der Waals surface area contributed by atoms with E-state index in [9.17, 15) is 5.11 Å². The van der Waals surface area contributed by atoms with Crippen molar-refractivity contribution >= 4 is 26.7 Å². The lowest BCUT2D eigenvalue weighted by molar-refractivity contribution is 0.166. The molecule has 0 saturated heterocycles. The second-order valence-corrected chi connectivity index (χ2v) is 8.99. The maximum atomic E-state index is 10.5. The van der Waals surface area contributed by atoms with Gasteiger partial charge in [-0.2, -0.15) is 0 Å².